The molecular weight excluding hydrogens is 244 g/mol. The predicted molar refractivity (Wildman–Crippen MR) is 72.7 cm³/mol. The Balaban J connectivity index is 2.42. The second kappa shape index (κ2) is 7.51. The average Bonchev–Trinajstić information content (AvgIpc) is 2.35. The Morgan fingerprint density at radius 1 is 1.37 bits per heavy atom. The first-order chi connectivity index (χ1) is 8.99. The molecule has 1 aromatic heterocycles. The summed E-state index contributed by atoms with van der Waals surface area (Å²) in [5.41, 5.74) is 0. The van der Waals surface area contributed by atoms with Crippen LogP contribution >= 0.6 is 0 Å². The lowest BCUT2D eigenvalue weighted by Crippen LogP contribution is -2.20. The maximum absolute atomic E-state index is 11.7. The molecule has 5 heteroatoms. The molecule has 2 N–H and O–H groups in total. The highest BCUT2D eigenvalue weighted by Gasteiger charge is 2.20. The minimum absolute atomic E-state index is 0.195. The van der Waals surface area contributed by atoms with E-state index in [1.54, 1.807) is 24.4 Å². The minimum Gasteiger partial charge on any atom is -0.481 e. The van der Waals surface area contributed by atoms with E-state index in [-0.39, 0.29) is 12.3 Å². The number of carboxylic acids is 1. The first-order valence-corrected chi connectivity index (χ1v) is 6.42. The molecule has 1 atom stereocenters. The van der Waals surface area contributed by atoms with E-state index < -0.39 is 11.9 Å². The number of carbonyl (C=O) groups excluding carboxylic acids is 1. The zero-order valence-electron chi connectivity index (χ0n) is 11.3. The van der Waals surface area contributed by atoms with E-state index in [2.05, 4.69) is 10.3 Å². The van der Waals surface area contributed by atoms with Crippen LogP contribution in [0.2, 0.25) is 0 Å². The highest BCUT2D eigenvalue weighted by Crippen LogP contribution is 2.17. The lowest BCUT2D eigenvalue weighted by atomic mass is 9.93. The first-order valence-electron chi connectivity index (χ1n) is 6.42. The van der Waals surface area contributed by atoms with Crippen molar-refractivity contribution < 1.29 is 14.7 Å². The Morgan fingerprint density at radius 3 is 2.63 bits per heavy atom. The fraction of sp³-hybridized carbons (Fsp3) is 0.500. The molecule has 0 aromatic carbocycles. The van der Waals surface area contributed by atoms with Gasteiger partial charge in [0.25, 0.3) is 0 Å². The number of anilines is 1. The number of rotatable bonds is 7. The molecule has 19 heavy (non-hydrogen) atoms. The normalized spacial score (nSPS) is 12.2. The Hall–Kier alpha value is -1.91. The predicted octanol–water partition coefficient (Wildman–Crippen LogP) is 2.55. The summed E-state index contributed by atoms with van der Waals surface area (Å²) in [5, 5.41) is 11.7. The second-order valence-corrected chi connectivity index (χ2v) is 4.97. The van der Waals surface area contributed by atoms with Crippen molar-refractivity contribution in [2.75, 3.05) is 5.32 Å². The Morgan fingerprint density at radius 2 is 2.11 bits per heavy atom. The van der Waals surface area contributed by atoms with E-state index in [0.29, 0.717) is 24.6 Å². The molecular formula is C14H20N2O3. The quantitative estimate of drug-likeness (QED) is 0.793. The molecule has 0 aliphatic carbocycles. The third-order valence-corrected chi connectivity index (χ3v) is 2.76. The molecule has 0 bridgehead atoms. The van der Waals surface area contributed by atoms with Crippen LogP contribution in [0, 0.1) is 11.8 Å². The number of nitrogens with one attached hydrogen (secondary N) is 1. The largest absolute Gasteiger partial charge is 0.481 e. The molecule has 0 saturated carbocycles. The zero-order chi connectivity index (χ0) is 14.3. The molecule has 1 amide bonds. The monoisotopic (exact) mass is 264 g/mol. The number of carboxylic acid groups (broad SMARTS) is 1. The van der Waals surface area contributed by atoms with Gasteiger partial charge in [-0.15, -0.1) is 0 Å². The summed E-state index contributed by atoms with van der Waals surface area (Å²) >= 11 is 0. The van der Waals surface area contributed by atoms with E-state index >= 15 is 0 Å². The maximum atomic E-state index is 11.7. The van der Waals surface area contributed by atoms with Crippen molar-refractivity contribution in [3.63, 3.8) is 0 Å². The standard InChI is InChI=1S/C14H20N2O3/c1-10(2)9-11(14(18)19)6-7-13(17)16-12-5-3-4-8-15-12/h3-5,8,10-11H,6-7,9H2,1-2H3,(H,18,19)(H,15,16,17)/t11-/m0/s1. The minimum atomic E-state index is -0.834. The van der Waals surface area contributed by atoms with Crippen LogP contribution in [0.4, 0.5) is 5.82 Å². The third-order valence-electron chi connectivity index (χ3n) is 2.76. The molecule has 0 unspecified atom stereocenters. The molecule has 0 radical (unpaired) electrons. The smallest absolute Gasteiger partial charge is 0.306 e. The third kappa shape index (κ3) is 5.99. The van der Waals surface area contributed by atoms with Gasteiger partial charge in [0.2, 0.25) is 5.91 Å². The molecule has 104 valence electrons. The van der Waals surface area contributed by atoms with Crippen LogP contribution in [0.5, 0.6) is 0 Å². The van der Waals surface area contributed by atoms with Crippen molar-refractivity contribution in [2.45, 2.75) is 33.1 Å². The zero-order valence-corrected chi connectivity index (χ0v) is 11.3. The lowest BCUT2D eigenvalue weighted by Gasteiger charge is -2.14. The first kappa shape index (κ1) is 15.1. The number of hydrogen-bond donors (Lipinski definition) is 2. The molecule has 1 heterocycles. The SMILES string of the molecule is CC(C)C[C@H](CCC(=O)Nc1ccccn1)C(=O)O. The van der Waals surface area contributed by atoms with Gasteiger partial charge in [-0.1, -0.05) is 19.9 Å². The van der Waals surface area contributed by atoms with Crippen molar-refractivity contribution in [1.82, 2.24) is 4.98 Å². The second-order valence-electron chi connectivity index (χ2n) is 4.97. The summed E-state index contributed by atoms with van der Waals surface area (Å²) in [6.45, 7) is 3.95. The number of nitrogens with zero attached hydrogens (tertiary/aromatic N) is 1. The van der Waals surface area contributed by atoms with Gasteiger partial charge in [-0.3, -0.25) is 9.59 Å². The molecule has 0 saturated heterocycles. The van der Waals surface area contributed by atoms with Gasteiger partial charge in [0.15, 0.2) is 0 Å². The summed E-state index contributed by atoms with van der Waals surface area (Å²) in [5.74, 6) is -0.703. The van der Waals surface area contributed by atoms with Crippen LogP contribution < -0.4 is 5.32 Å². The van der Waals surface area contributed by atoms with Crippen LogP contribution in [0.3, 0.4) is 0 Å². The van der Waals surface area contributed by atoms with Gasteiger partial charge in [0.05, 0.1) is 5.92 Å². The van der Waals surface area contributed by atoms with Crippen LogP contribution in [0.25, 0.3) is 0 Å². The van der Waals surface area contributed by atoms with Crippen molar-refractivity contribution in [3.05, 3.63) is 24.4 Å². The average molecular weight is 264 g/mol. The topological polar surface area (TPSA) is 79.3 Å². The van der Waals surface area contributed by atoms with E-state index in [1.165, 1.54) is 0 Å². The number of aliphatic carboxylic acids is 1. The highest BCUT2D eigenvalue weighted by atomic mass is 16.4. The van der Waals surface area contributed by atoms with Crippen molar-refractivity contribution in [1.29, 1.82) is 0 Å². The number of carbonyl (C=O) groups is 2. The number of amides is 1. The van der Waals surface area contributed by atoms with E-state index in [9.17, 15) is 9.59 Å². The number of hydrogen-bond acceptors (Lipinski definition) is 3. The lowest BCUT2D eigenvalue weighted by molar-refractivity contribution is -0.142. The van der Waals surface area contributed by atoms with E-state index in [1.807, 2.05) is 13.8 Å². The van der Waals surface area contributed by atoms with Crippen LogP contribution in [0.15, 0.2) is 24.4 Å². The van der Waals surface area contributed by atoms with Crippen LogP contribution in [-0.2, 0) is 9.59 Å². The summed E-state index contributed by atoms with van der Waals surface area (Å²) in [7, 11) is 0. The number of aromatic nitrogens is 1. The number of pyridine rings is 1. The van der Waals surface area contributed by atoms with Gasteiger partial charge >= 0.3 is 5.97 Å². The fourth-order valence-corrected chi connectivity index (χ4v) is 1.86. The van der Waals surface area contributed by atoms with Crippen molar-refractivity contribution in [3.8, 4) is 0 Å². The Bertz CT molecular complexity index is 418. The fourth-order valence-electron chi connectivity index (χ4n) is 1.86. The molecule has 5 nitrogen and oxygen atoms in total. The van der Waals surface area contributed by atoms with Gasteiger partial charge < -0.3 is 10.4 Å². The van der Waals surface area contributed by atoms with E-state index in [4.69, 9.17) is 5.11 Å². The summed E-state index contributed by atoms with van der Waals surface area (Å²) in [6, 6.07) is 5.24. The van der Waals surface area contributed by atoms with Gasteiger partial charge in [0, 0.05) is 12.6 Å². The molecule has 0 aliphatic rings. The van der Waals surface area contributed by atoms with Crippen molar-refractivity contribution in [2.24, 2.45) is 11.8 Å². The maximum Gasteiger partial charge on any atom is 0.306 e. The molecule has 0 aliphatic heterocycles. The summed E-state index contributed by atoms with van der Waals surface area (Å²) < 4.78 is 0. The van der Waals surface area contributed by atoms with Crippen LogP contribution in [-0.4, -0.2) is 22.0 Å². The van der Waals surface area contributed by atoms with Gasteiger partial charge in [0.1, 0.15) is 5.82 Å². The van der Waals surface area contributed by atoms with E-state index in [0.717, 1.165) is 0 Å². The molecule has 1 rings (SSSR count). The molecule has 0 spiro atoms. The van der Waals surface area contributed by atoms with Gasteiger partial charge in [-0.2, -0.15) is 0 Å². The van der Waals surface area contributed by atoms with Gasteiger partial charge in [-0.05, 0) is 30.9 Å². The van der Waals surface area contributed by atoms with Crippen molar-refractivity contribution >= 4 is 17.7 Å². The molecule has 0 fully saturated rings. The highest BCUT2D eigenvalue weighted by molar-refractivity contribution is 5.89. The summed E-state index contributed by atoms with van der Waals surface area (Å²) in [6.07, 6.45) is 2.73. The molecule has 1 aromatic rings. The van der Waals surface area contributed by atoms with Crippen LogP contribution in [0.1, 0.15) is 33.1 Å². The Kier molecular flexibility index (Phi) is 5.99. The summed E-state index contributed by atoms with van der Waals surface area (Å²) in [4.78, 5) is 26.7. The van der Waals surface area contributed by atoms with Gasteiger partial charge in [-0.25, -0.2) is 4.98 Å². The Labute approximate surface area is 113 Å².